The van der Waals surface area contributed by atoms with E-state index in [0.717, 1.165) is 6.42 Å². The minimum Gasteiger partial charge on any atom is -0.481 e. The van der Waals surface area contributed by atoms with Gasteiger partial charge in [-0.3, -0.25) is 9.59 Å². The Morgan fingerprint density at radius 1 is 1.41 bits per heavy atom. The summed E-state index contributed by atoms with van der Waals surface area (Å²) in [5.74, 6) is 0.0367. The molecule has 0 radical (unpaired) electrons. The van der Waals surface area contributed by atoms with Crippen LogP contribution in [0.15, 0.2) is 10.6 Å². The molecule has 22 heavy (non-hydrogen) atoms. The van der Waals surface area contributed by atoms with Crippen LogP contribution in [0.25, 0.3) is 0 Å². The van der Waals surface area contributed by atoms with Crippen molar-refractivity contribution in [2.24, 2.45) is 5.92 Å². The lowest BCUT2D eigenvalue weighted by atomic mass is 9.84. The average Bonchev–Trinajstić information content (AvgIpc) is 2.92. The molecule has 0 aliphatic heterocycles. The van der Waals surface area contributed by atoms with Gasteiger partial charge >= 0.3 is 5.97 Å². The number of aromatic nitrogens is 1. The van der Waals surface area contributed by atoms with Crippen LogP contribution in [-0.4, -0.2) is 28.2 Å². The zero-order valence-electron chi connectivity index (χ0n) is 13.0. The molecule has 0 spiro atoms. The summed E-state index contributed by atoms with van der Waals surface area (Å²) in [6, 6.07) is 1.47. The second-order valence-corrected chi connectivity index (χ2v) is 6.17. The number of rotatable bonds is 7. The van der Waals surface area contributed by atoms with Gasteiger partial charge in [0.2, 0.25) is 0 Å². The topological polar surface area (TPSA) is 92.4 Å². The van der Waals surface area contributed by atoms with E-state index < -0.39 is 5.97 Å². The molecule has 122 valence electrons. The molecule has 1 aliphatic carbocycles. The summed E-state index contributed by atoms with van der Waals surface area (Å²) in [6.07, 6.45) is 7.44. The molecule has 1 amide bonds. The first-order chi connectivity index (χ1) is 10.5. The monoisotopic (exact) mass is 308 g/mol. The highest BCUT2D eigenvalue weighted by Crippen LogP contribution is 2.28. The number of carboxylic acids is 1. The third kappa shape index (κ3) is 5.16. The molecule has 1 aromatic heterocycles. The quantitative estimate of drug-likeness (QED) is 0.808. The van der Waals surface area contributed by atoms with E-state index in [1.807, 2.05) is 0 Å². The molecular formula is C16H24N2O4. The molecule has 2 rings (SSSR count). The highest BCUT2D eigenvalue weighted by Gasteiger charge is 2.22. The van der Waals surface area contributed by atoms with Gasteiger partial charge in [0, 0.05) is 18.5 Å². The maximum absolute atomic E-state index is 12.2. The van der Waals surface area contributed by atoms with Gasteiger partial charge < -0.3 is 14.9 Å². The molecule has 1 unspecified atom stereocenters. The van der Waals surface area contributed by atoms with Crippen molar-refractivity contribution in [3.8, 4) is 0 Å². The van der Waals surface area contributed by atoms with Crippen molar-refractivity contribution in [2.45, 2.75) is 64.3 Å². The Bertz CT molecular complexity index is 506. The highest BCUT2D eigenvalue weighted by molar-refractivity contribution is 5.92. The van der Waals surface area contributed by atoms with Gasteiger partial charge in [0.1, 0.15) is 5.76 Å². The van der Waals surface area contributed by atoms with Crippen LogP contribution in [0.3, 0.4) is 0 Å². The smallest absolute Gasteiger partial charge is 0.303 e. The summed E-state index contributed by atoms with van der Waals surface area (Å²) in [4.78, 5) is 23.0. The zero-order chi connectivity index (χ0) is 15.9. The second-order valence-electron chi connectivity index (χ2n) is 6.17. The van der Waals surface area contributed by atoms with Crippen LogP contribution in [-0.2, 0) is 4.79 Å². The normalized spacial score (nSPS) is 17.1. The van der Waals surface area contributed by atoms with Crippen molar-refractivity contribution in [3.05, 3.63) is 17.5 Å². The number of amides is 1. The number of carbonyl (C=O) groups is 2. The van der Waals surface area contributed by atoms with Crippen molar-refractivity contribution < 1.29 is 19.2 Å². The predicted octanol–water partition coefficient (Wildman–Crippen LogP) is 2.92. The van der Waals surface area contributed by atoms with E-state index in [9.17, 15) is 9.59 Å². The first-order valence-corrected chi connectivity index (χ1v) is 8.00. The fourth-order valence-corrected chi connectivity index (χ4v) is 3.10. The summed E-state index contributed by atoms with van der Waals surface area (Å²) in [5.41, 5.74) is 0.251. The fourth-order valence-electron chi connectivity index (χ4n) is 3.10. The zero-order valence-corrected chi connectivity index (χ0v) is 13.0. The minimum atomic E-state index is -0.833. The molecule has 1 heterocycles. The second kappa shape index (κ2) is 7.96. The first kappa shape index (κ1) is 16.5. The molecule has 2 N–H and O–H groups in total. The van der Waals surface area contributed by atoms with Crippen LogP contribution in [0.5, 0.6) is 0 Å². The fraction of sp³-hybridized carbons (Fsp3) is 0.688. The van der Waals surface area contributed by atoms with Crippen LogP contribution >= 0.6 is 0 Å². The van der Waals surface area contributed by atoms with E-state index in [-0.39, 0.29) is 24.1 Å². The standard InChI is InChI=1S/C16H24N2O4/c1-11-9-14(18-22-11)16(21)17-13(7-8-15(19)20)10-12-5-3-2-4-6-12/h9,12-13H,2-8,10H2,1H3,(H,17,21)(H,19,20). The number of nitrogens with one attached hydrogen (secondary N) is 1. The van der Waals surface area contributed by atoms with Gasteiger partial charge in [0.15, 0.2) is 5.69 Å². The molecule has 0 bridgehead atoms. The molecule has 1 fully saturated rings. The number of carbonyl (C=O) groups excluding carboxylic acids is 1. The van der Waals surface area contributed by atoms with Gasteiger partial charge in [-0.1, -0.05) is 37.3 Å². The molecule has 1 aromatic rings. The Morgan fingerprint density at radius 3 is 2.73 bits per heavy atom. The van der Waals surface area contributed by atoms with E-state index in [0.29, 0.717) is 18.1 Å². The van der Waals surface area contributed by atoms with Gasteiger partial charge in [0.05, 0.1) is 0 Å². The van der Waals surface area contributed by atoms with E-state index in [4.69, 9.17) is 9.63 Å². The van der Waals surface area contributed by atoms with Gasteiger partial charge in [-0.15, -0.1) is 0 Å². The maximum Gasteiger partial charge on any atom is 0.303 e. The molecule has 1 atom stereocenters. The summed E-state index contributed by atoms with van der Waals surface area (Å²) in [6.45, 7) is 1.73. The Kier molecular flexibility index (Phi) is 5.98. The highest BCUT2D eigenvalue weighted by atomic mass is 16.5. The lowest BCUT2D eigenvalue weighted by Crippen LogP contribution is -2.37. The molecule has 0 saturated heterocycles. The van der Waals surface area contributed by atoms with Crippen molar-refractivity contribution in [1.82, 2.24) is 10.5 Å². The number of carboxylic acid groups (broad SMARTS) is 1. The van der Waals surface area contributed by atoms with E-state index in [2.05, 4.69) is 10.5 Å². The SMILES string of the molecule is Cc1cc(C(=O)NC(CCC(=O)O)CC2CCCCC2)no1. The van der Waals surface area contributed by atoms with Crippen molar-refractivity contribution in [3.63, 3.8) is 0 Å². The molecule has 0 aromatic carbocycles. The molecule has 6 nitrogen and oxygen atoms in total. The number of nitrogens with zero attached hydrogens (tertiary/aromatic N) is 1. The van der Waals surface area contributed by atoms with Gasteiger partial charge in [-0.25, -0.2) is 0 Å². The summed E-state index contributed by atoms with van der Waals surface area (Å²) in [5, 5.41) is 15.5. The van der Waals surface area contributed by atoms with Crippen LogP contribution in [0, 0.1) is 12.8 Å². The van der Waals surface area contributed by atoms with Gasteiger partial charge in [-0.2, -0.15) is 0 Å². The molecule has 1 aliphatic rings. The van der Waals surface area contributed by atoms with E-state index >= 15 is 0 Å². The Morgan fingerprint density at radius 2 is 2.14 bits per heavy atom. The lowest BCUT2D eigenvalue weighted by Gasteiger charge is -2.26. The average molecular weight is 308 g/mol. The Balaban J connectivity index is 1.93. The molecule has 6 heteroatoms. The number of aryl methyl sites for hydroxylation is 1. The third-order valence-electron chi connectivity index (χ3n) is 4.25. The van der Waals surface area contributed by atoms with Crippen molar-refractivity contribution >= 4 is 11.9 Å². The maximum atomic E-state index is 12.2. The number of aliphatic carboxylic acids is 1. The largest absolute Gasteiger partial charge is 0.481 e. The van der Waals surface area contributed by atoms with Crippen LogP contribution < -0.4 is 5.32 Å². The summed E-state index contributed by atoms with van der Waals surface area (Å²) >= 11 is 0. The van der Waals surface area contributed by atoms with Crippen molar-refractivity contribution in [2.75, 3.05) is 0 Å². The predicted molar refractivity (Wildman–Crippen MR) is 80.6 cm³/mol. The minimum absolute atomic E-state index is 0.0650. The van der Waals surface area contributed by atoms with Crippen LogP contribution in [0.4, 0.5) is 0 Å². The van der Waals surface area contributed by atoms with Crippen LogP contribution in [0.2, 0.25) is 0 Å². The van der Waals surface area contributed by atoms with Gasteiger partial charge in [0.25, 0.3) is 5.91 Å². The summed E-state index contributed by atoms with van der Waals surface area (Å²) < 4.78 is 4.91. The third-order valence-corrected chi connectivity index (χ3v) is 4.25. The van der Waals surface area contributed by atoms with Gasteiger partial charge in [-0.05, 0) is 25.7 Å². The Hall–Kier alpha value is -1.85. The number of hydrogen-bond donors (Lipinski definition) is 2. The van der Waals surface area contributed by atoms with Crippen LogP contribution in [0.1, 0.15) is 67.6 Å². The Labute approximate surface area is 130 Å². The summed E-state index contributed by atoms with van der Waals surface area (Å²) in [7, 11) is 0. The van der Waals surface area contributed by atoms with E-state index in [1.165, 1.54) is 32.1 Å². The first-order valence-electron chi connectivity index (χ1n) is 8.00. The van der Waals surface area contributed by atoms with E-state index in [1.54, 1.807) is 13.0 Å². The lowest BCUT2D eigenvalue weighted by molar-refractivity contribution is -0.137. The molecule has 1 saturated carbocycles. The molecular weight excluding hydrogens is 284 g/mol. The van der Waals surface area contributed by atoms with Crippen molar-refractivity contribution in [1.29, 1.82) is 0 Å². The number of hydrogen-bond acceptors (Lipinski definition) is 4.